The summed E-state index contributed by atoms with van der Waals surface area (Å²) in [5, 5.41) is 0. The van der Waals surface area contributed by atoms with Crippen LogP contribution < -0.4 is 4.74 Å². The zero-order chi connectivity index (χ0) is 14.4. The molecule has 0 spiro atoms. The predicted molar refractivity (Wildman–Crippen MR) is 87.8 cm³/mol. The van der Waals surface area contributed by atoms with E-state index < -0.39 is 8.07 Å². The molecular formula is C17H25NOSi. The third kappa shape index (κ3) is 5.40. The quantitative estimate of drug-likeness (QED) is 0.622. The number of rotatable bonds is 4. The number of benzene rings is 1. The minimum absolute atomic E-state index is 0.778. The normalized spacial score (nSPS) is 15.8. The third-order valence-corrected chi connectivity index (χ3v) is 4.19. The molecule has 108 valence electrons. The van der Waals surface area contributed by atoms with Crippen LogP contribution >= 0.6 is 0 Å². The third-order valence-electron chi connectivity index (χ3n) is 3.31. The van der Waals surface area contributed by atoms with E-state index in [4.69, 9.17) is 4.74 Å². The van der Waals surface area contributed by atoms with Gasteiger partial charge in [0.05, 0.1) is 0 Å². The van der Waals surface area contributed by atoms with Crippen LogP contribution in [-0.2, 0) is 0 Å². The molecule has 1 aromatic rings. The van der Waals surface area contributed by atoms with Gasteiger partial charge in [0.25, 0.3) is 0 Å². The van der Waals surface area contributed by atoms with Crippen LogP contribution in [0.4, 0.5) is 0 Å². The van der Waals surface area contributed by atoms with Gasteiger partial charge in [-0.05, 0) is 50.2 Å². The van der Waals surface area contributed by atoms with Gasteiger partial charge in [-0.25, -0.2) is 0 Å². The van der Waals surface area contributed by atoms with Crippen molar-refractivity contribution in [3.05, 3.63) is 29.8 Å². The lowest BCUT2D eigenvalue weighted by Gasteiger charge is -2.14. The molecule has 0 radical (unpaired) electrons. The van der Waals surface area contributed by atoms with Gasteiger partial charge in [0.1, 0.15) is 20.4 Å². The van der Waals surface area contributed by atoms with Crippen molar-refractivity contribution in [3.8, 4) is 17.2 Å². The smallest absolute Gasteiger partial charge is 0.129 e. The Labute approximate surface area is 124 Å². The van der Waals surface area contributed by atoms with Crippen molar-refractivity contribution in [1.29, 1.82) is 0 Å². The zero-order valence-electron chi connectivity index (χ0n) is 12.9. The maximum atomic E-state index is 5.79. The van der Waals surface area contributed by atoms with Crippen molar-refractivity contribution in [2.75, 3.05) is 26.2 Å². The lowest BCUT2D eigenvalue weighted by atomic mass is 10.2. The highest BCUT2D eigenvalue weighted by atomic mass is 28.3. The van der Waals surface area contributed by atoms with Crippen LogP contribution in [0.3, 0.4) is 0 Å². The van der Waals surface area contributed by atoms with Crippen LogP contribution in [0.25, 0.3) is 0 Å². The Morgan fingerprint density at radius 1 is 1.10 bits per heavy atom. The van der Waals surface area contributed by atoms with Crippen molar-refractivity contribution in [2.24, 2.45) is 0 Å². The Bertz CT molecular complexity index is 472. The first kappa shape index (κ1) is 15.2. The standard InChI is InChI=1S/C17H25NOSi/c1-20(2,3)15-10-16-6-8-17(9-7-16)19-14-13-18-11-4-5-12-18/h6-9H,4-5,11-14H2,1-3H3. The molecule has 1 fully saturated rings. The SMILES string of the molecule is C[Si](C)(C)C#Cc1ccc(OCCN2CCCC2)cc1. The summed E-state index contributed by atoms with van der Waals surface area (Å²) in [6, 6.07) is 8.16. The number of hydrogen-bond donors (Lipinski definition) is 0. The Morgan fingerprint density at radius 2 is 1.75 bits per heavy atom. The first-order chi connectivity index (χ1) is 9.53. The molecule has 0 amide bonds. The van der Waals surface area contributed by atoms with Crippen LogP contribution in [0.1, 0.15) is 18.4 Å². The molecule has 2 rings (SSSR count). The van der Waals surface area contributed by atoms with Crippen LogP contribution in [0.5, 0.6) is 5.75 Å². The van der Waals surface area contributed by atoms with Gasteiger partial charge < -0.3 is 4.74 Å². The van der Waals surface area contributed by atoms with E-state index in [2.05, 4.69) is 48.1 Å². The molecular weight excluding hydrogens is 262 g/mol. The van der Waals surface area contributed by atoms with Crippen LogP contribution in [0.15, 0.2) is 24.3 Å². The Balaban J connectivity index is 1.80. The van der Waals surface area contributed by atoms with Crippen molar-refractivity contribution < 1.29 is 4.74 Å². The van der Waals surface area contributed by atoms with Gasteiger partial charge >= 0.3 is 0 Å². The summed E-state index contributed by atoms with van der Waals surface area (Å²) < 4.78 is 5.79. The van der Waals surface area contributed by atoms with E-state index in [1.807, 2.05) is 12.1 Å². The van der Waals surface area contributed by atoms with Gasteiger partial charge in [-0.15, -0.1) is 5.54 Å². The summed E-state index contributed by atoms with van der Waals surface area (Å²) in [7, 11) is -1.29. The summed E-state index contributed by atoms with van der Waals surface area (Å²) in [6.07, 6.45) is 2.68. The van der Waals surface area contributed by atoms with E-state index in [1.54, 1.807) is 0 Å². The summed E-state index contributed by atoms with van der Waals surface area (Å²) in [5.74, 6) is 4.21. The molecule has 1 aromatic carbocycles. The topological polar surface area (TPSA) is 12.5 Å². The van der Waals surface area contributed by atoms with E-state index in [1.165, 1.54) is 25.9 Å². The Kier molecular flexibility index (Phi) is 5.28. The van der Waals surface area contributed by atoms with E-state index in [0.717, 1.165) is 24.5 Å². The first-order valence-corrected chi connectivity index (χ1v) is 11.0. The maximum absolute atomic E-state index is 5.79. The number of ether oxygens (including phenoxy) is 1. The molecule has 2 nitrogen and oxygen atoms in total. The Hall–Kier alpha value is -1.24. The second kappa shape index (κ2) is 6.96. The molecule has 0 bridgehead atoms. The molecule has 1 aliphatic heterocycles. The molecule has 0 saturated carbocycles. The lowest BCUT2D eigenvalue weighted by Crippen LogP contribution is -2.25. The van der Waals surface area contributed by atoms with Crippen molar-refractivity contribution in [2.45, 2.75) is 32.5 Å². The fourth-order valence-corrected chi connectivity index (χ4v) is 2.71. The van der Waals surface area contributed by atoms with Crippen LogP contribution in [0.2, 0.25) is 19.6 Å². The van der Waals surface area contributed by atoms with Gasteiger partial charge in [0, 0.05) is 12.1 Å². The number of hydrogen-bond acceptors (Lipinski definition) is 2. The van der Waals surface area contributed by atoms with Gasteiger partial charge in [0.15, 0.2) is 0 Å². The summed E-state index contributed by atoms with van der Waals surface area (Å²) in [5.41, 5.74) is 4.46. The fourth-order valence-electron chi connectivity index (χ4n) is 2.19. The monoisotopic (exact) mass is 287 g/mol. The molecule has 0 atom stereocenters. The highest BCUT2D eigenvalue weighted by Gasteiger charge is 2.10. The van der Waals surface area contributed by atoms with Gasteiger partial charge in [-0.1, -0.05) is 25.6 Å². The second-order valence-electron chi connectivity index (χ2n) is 6.42. The van der Waals surface area contributed by atoms with Crippen molar-refractivity contribution >= 4 is 8.07 Å². The molecule has 3 heteroatoms. The highest BCUT2D eigenvalue weighted by Crippen LogP contribution is 2.13. The van der Waals surface area contributed by atoms with Gasteiger partial charge in [0.2, 0.25) is 0 Å². The maximum Gasteiger partial charge on any atom is 0.129 e. The molecule has 20 heavy (non-hydrogen) atoms. The van der Waals surface area contributed by atoms with E-state index in [0.29, 0.717) is 0 Å². The zero-order valence-corrected chi connectivity index (χ0v) is 13.9. The molecule has 0 unspecified atom stereocenters. The molecule has 0 aliphatic carbocycles. The molecule has 1 saturated heterocycles. The molecule has 0 N–H and O–H groups in total. The second-order valence-corrected chi connectivity index (χ2v) is 11.2. The number of likely N-dealkylation sites (tertiary alicyclic amines) is 1. The number of nitrogens with zero attached hydrogens (tertiary/aromatic N) is 1. The summed E-state index contributed by atoms with van der Waals surface area (Å²) >= 11 is 0. The summed E-state index contributed by atoms with van der Waals surface area (Å²) in [4.78, 5) is 2.47. The molecule has 0 aromatic heterocycles. The lowest BCUT2D eigenvalue weighted by molar-refractivity contribution is 0.238. The fraction of sp³-hybridized carbons (Fsp3) is 0.529. The summed E-state index contributed by atoms with van der Waals surface area (Å²) in [6.45, 7) is 11.1. The van der Waals surface area contributed by atoms with Crippen molar-refractivity contribution in [3.63, 3.8) is 0 Å². The van der Waals surface area contributed by atoms with Gasteiger partial charge in [-0.3, -0.25) is 4.90 Å². The average Bonchev–Trinajstić information content (AvgIpc) is 2.90. The average molecular weight is 287 g/mol. The van der Waals surface area contributed by atoms with E-state index >= 15 is 0 Å². The van der Waals surface area contributed by atoms with Gasteiger partial charge in [-0.2, -0.15) is 0 Å². The first-order valence-electron chi connectivity index (χ1n) is 7.51. The predicted octanol–water partition coefficient (Wildman–Crippen LogP) is 3.39. The van der Waals surface area contributed by atoms with E-state index in [-0.39, 0.29) is 0 Å². The van der Waals surface area contributed by atoms with Crippen LogP contribution in [0, 0.1) is 11.5 Å². The molecule has 1 aliphatic rings. The minimum Gasteiger partial charge on any atom is -0.492 e. The largest absolute Gasteiger partial charge is 0.492 e. The minimum atomic E-state index is -1.29. The van der Waals surface area contributed by atoms with Crippen LogP contribution in [-0.4, -0.2) is 39.2 Å². The van der Waals surface area contributed by atoms with E-state index in [9.17, 15) is 0 Å². The van der Waals surface area contributed by atoms with Crippen molar-refractivity contribution in [1.82, 2.24) is 4.90 Å². The highest BCUT2D eigenvalue weighted by molar-refractivity contribution is 6.83. The Morgan fingerprint density at radius 3 is 2.35 bits per heavy atom. The molecule has 1 heterocycles.